The molecule has 0 aliphatic carbocycles. The number of hydrogen-bond acceptors (Lipinski definition) is 6. The minimum absolute atomic E-state index is 0.0447. The van der Waals surface area contributed by atoms with Crippen LogP contribution in [0.4, 0.5) is 0 Å². The topological polar surface area (TPSA) is 91.4 Å². The third-order valence-electron chi connectivity index (χ3n) is 3.78. The number of carbonyl (C=O) groups excluding carboxylic acids is 1. The van der Waals surface area contributed by atoms with Gasteiger partial charge >= 0.3 is 0 Å². The Morgan fingerprint density at radius 2 is 2.26 bits per heavy atom. The van der Waals surface area contributed by atoms with Crippen molar-refractivity contribution in [1.82, 2.24) is 15.4 Å². The van der Waals surface area contributed by atoms with Gasteiger partial charge in [0, 0.05) is 30.8 Å². The first-order valence-electron chi connectivity index (χ1n) is 7.26. The van der Waals surface area contributed by atoms with Crippen molar-refractivity contribution < 1.29 is 14.1 Å². The first-order valence-corrected chi connectivity index (χ1v) is 7.26. The van der Waals surface area contributed by atoms with Gasteiger partial charge in [0.25, 0.3) is 5.91 Å². The lowest BCUT2D eigenvalue weighted by molar-refractivity contribution is 0.0901. The van der Waals surface area contributed by atoms with Crippen LogP contribution in [0.1, 0.15) is 17.0 Å². The van der Waals surface area contributed by atoms with Crippen LogP contribution in [0.15, 0.2) is 34.9 Å². The van der Waals surface area contributed by atoms with E-state index in [-0.39, 0.29) is 17.7 Å². The summed E-state index contributed by atoms with van der Waals surface area (Å²) in [4.78, 5) is 13.8. The van der Waals surface area contributed by atoms with E-state index in [0.717, 1.165) is 17.7 Å². The van der Waals surface area contributed by atoms with E-state index in [1.807, 2.05) is 24.3 Å². The van der Waals surface area contributed by atoms with Crippen molar-refractivity contribution in [3.63, 3.8) is 0 Å². The fraction of sp³-hybridized carbons (Fsp3) is 0.312. The number of methoxy groups -OCH3 is 1. The summed E-state index contributed by atoms with van der Waals surface area (Å²) >= 11 is 0. The van der Waals surface area contributed by atoms with E-state index < -0.39 is 0 Å². The van der Waals surface area contributed by atoms with Crippen molar-refractivity contribution in [2.75, 3.05) is 20.2 Å². The predicted octanol–water partition coefficient (Wildman–Crippen LogP) is 1.64. The maximum atomic E-state index is 12.2. The van der Waals surface area contributed by atoms with Gasteiger partial charge in [-0.15, -0.1) is 0 Å². The highest BCUT2D eigenvalue weighted by molar-refractivity contribution is 5.92. The molecule has 0 bridgehead atoms. The molecule has 1 aromatic heterocycles. The molecule has 2 heterocycles. The largest absolute Gasteiger partial charge is 0.497 e. The average molecular weight is 312 g/mol. The molecule has 1 saturated heterocycles. The molecule has 1 amide bonds. The van der Waals surface area contributed by atoms with Crippen LogP contribution in [0.2, 0.25) is 0 Å². The Hall–Kier alpha value is -3.01. The van der Waals surface area contributed by atoms with Crippen LogP contribution >= 0.6 is 0 Å². The summed E-state index contributed by atoms with van der Waals surface area (Å²) in [6, 6.07) is 8.89. The number of likely N-dealkylation sites (tertiary alicyclic amines) is 1. The smallest absolute Gasteiger partial charge is 0.290 e. The Morgan fingerprint density at radius 1 is 1.48 bits per heavy atom. The van der Waals surface area contributed by atoms with Gasteiger partial charge in [0.1, 0.15) is 11.4 Å². The lowest BCUT2D eigenvalue weighted by Gasteiger charge is -2.10. The Morgan fingerprint density at radius 3 is 2.91 bits per heavy atom. The van der Waals surface area contributed by atoms with E-state index in [0.29, 0.717) is 18.8 Å². The number of ether oxygens (including phenoxy) is 1. The molecule has 1 aliphatic rings. The van der Waals surface area contributed by atoms with Crippen LogP contribution in [0.5, 0.6) is 5.75 Å². The van der Waals surface area contributed by atoms with Gasteiger partial charge in [-0.1, -0.05) is 5.16 Å². The van der Waals surface area contributed by atoms with Crippen LogP contribution in [-0.2, 0) is 0 Å². The minimum Gasteiger partial charge on any atom is -0.497 e. The molecule has 0 unspecified atom stereocenters. The molecule has 1 aliphatic heterocycles. The normalized spacial score (nSPS) is 16.9. The molecule has 1 atom stereocenters. The Labute approximate surface area is 133 Å². The van der Waals surface area contributed by atoms with Crippen LogP contribution in [0.3, 0.4) is 0 Å². The predicted molar refractivity (Wildman–Crippen MR) is 81.5 cm³/mol. The summed E-state index contributed by atoms with van der Waals surface area (Å²) in [6.07, 6.45) is 2.83. The molecule has 118 valence electrons. The maximum Gasteiger partial charge on any atom is 0.290 e. The second kappa shape index (κ2) is 6.40. The molecule has 3 rings (SSSR count). The van der Waals surface area contributed by atoms with Gasteiger partial charge < -0.3 is 19.5 Å². The molecule has 1 N–H and O–H groups in total. The highest BCUT2D eigenvalue weighted by Crippen LogP contribution is 2.22. The Balaban J connectivity index is 1.66. The zero-order valence-electron chi connectivity index (χ0n) is 12.7. The number of nitrogens with zero attached hydrogens (tertiary/aromatic N) is 3. The third-order valence-corrected chi connectivity index (χ3v) is 3.78. The van der Waals surface area contributed by atoms with Gasteiger partial charge in [0.05, 0.1) is 7.11 Å². The molecule has 23 heavy (non-hydrogen) atoms. The fourth-order valence-electron chi connectivity index (χ4n) is 2.51. The number of benzene rings is 1. The van der Waals surface area contributed by atoms with E-state index in [1.54, 1.807) is 18.1 Å². The minimum atomic E-state index is -0.318. The highest BCUT2D eigenvalue weighted by Gasteiger charge is 2.25. The molecule has 0 saturated carbocycles. The summed E-state index contributed by atoms with van der Waals surface area (Å²) in [5.74, 6) is 0.590. The molecule has 1 aromatic carbocycles. The number of rotatable bonds is 4. The Kier molecular flexibility index (Phi) is 4.15. The number of amides is 1. The lowest BCUT2D eigenvalue weighted by atomic mass is 10.1. The molecule has 1 fully saturated rings. The molecular formula is C16H16N4O3. The summed E-state index contributed by atoms with van der Waals surface area (Å²) in [5.41, 5.74) is 1.42. The number of hydrogen-bond donors (Lipinski definition) is 1. The molecule has 0 spiro atoms. The second-order valence-corrected chi connectivity index (χ2v) is 5.31. The molecule has 7 nitrogen and oxygen atoms in total. The van der Waals surface area contributed by atoms with Gasteiger partial charge in [0.15, 0.2) is 6.19 Å². The van der Waals surface area contributed by atoms with Gasteiger partial charge in [0.2, 0.25) is 5.76 Å². The zero-order valence-corrected chi connectivity index (χ0v) is 12.7. The molecule has 0 radical (unpaired) electrons. The van der Waals surface area contributed by atoms with Gasteiger partial charge in [-0.3, -0.25) is 4.79 Å². The van der Waals surface area contributed by atoms with E-state index in [4.69, 9.17) is 14.5 Å². The first-order chi connectivity index (χ1) is 11.2. The number of nitrogens with one attached hydrogen (secondary N) is 1. The molecule has 7 heteroatoms. The van der Waals surface area contributed by atoms with Gasteiger partial charge in [-0.25, -0.2) is 0 Å². The van der Waals surface area contributed by atoms with Crippen LogP contribution in [-0.4, -0.2) is 42.2 Å². The van der Waals surface area contributed by atoms with E-state index in [2.05, 4.69) is 16.7 Å². The van der Waals surface area contributed by atoms with Crippen LogP contribution in [0, 0.1) is 11.5 Å². The van der Waals surface area contributed by atoms with E-state index in [1.165, 1.54) is 0 Å². The van der Waals surface area contributed by atoms with Crippen molar-refractivity contribution in [2.24, 2.45) is 0 Å². The van der Waals surface area contributed by atoms with Crippen molar-refractivity contribution in [3.05, 3.63) is 36.1 Å². The second-order valence-electron chi connectivity index (χ2n) is 5.31. The summed E-state index contributed by atoms with van der Waals surface area (Å²) in [5, 5.41) is 15.6. The lowest BCUT2D eigenvalue weighted by Crippen LogP contribution is -2.36. The van der Waals surface area contributed by atoms with Crippen LogP contribution in [0.25, 0.3) is 11.3 Å². The quantitative estimate of drug-likeness (QED) is 0.863. The average Bonchev–Trinajstić information content (AvgIpc) is 3.24. The summed E-state index contributed by atoms with van der Waals surface area (Å²) < 4.78 is 10.2. The van der Waals surface area contributed by atoms with E-state index >= 15 is 0 Å². The summed E-state index contributed by atoms with van der Waals surface area (Å²) in [7, 11) is 1.60. The van der Waals surface area contributed by atoms with Gasteiger partial charge in [-0.2, -0.15) is 5.26 Å². The zero-order chi connectivity index (χ0) is 16.2. The number of carbonyl (C=O) groups is 1. The number of nitriles is 1. The third kappa shape index (κ3) is 3.26. The van der Waals surface area contributed by atoms with E-state index in [9.17, 15) is 4.79 Å². The highest BCUT2D eigenvalue weighted by atomic mass is 16.5. The SMILES string of the molecule is COc1ccc(-c2cc(C(=O)N[C@@H]3CCN(C#N)C3)on2)cc1. The van der Waals surface area contributed by atoms with Crippen molar-refractivity contribution in [3.8, 4) is 23.2 Å². The monoisotopic (exact) mass is 312 g/mol. The first kappa shape index (κ1) is 14.9. The molecule has 2 aromatic rings. The fourth-order valence-corrected chi connectivity index (χ4v) is 2.51. The van der Waals surface area contributed by atoms with Crippen molar-refractivity contribution in [1.29, 1.82) is 5.26 Å². The van der Waals surface area contributed by atoms with Crippen molar-refractivity contribution in [2.45, 2.75) is 12.5 Å². The molecular weight excluding hydrogens is 296 g/mol. The van der Waals surface area contributed by atoms with Crippen molar-refractivity contribution >= 4 is 5.91 Å². The van der Waals surface area contributed by atoms with Gasteiger partial charge in [-0.05, 0) is 30.7 Å². The summed E-state index contributed by atoms with van der Waals surface area (Å²) in [6.45, 7) is 1.19. The Bertz CT molecular complexity index is 733. The van der Waals surface area contributed by atoms with Crippen LogP contribution < -0.4 is 10.1 Å². The maximum absolute atomic E-state index is 12.2. The standard InChI is InChI=1S/C16H16N4O3/c1-22-13-4-2-11(3-5-13)14-8-15(23-19-14)16(21)18-12-6-7-20(9-12)10-17/h2-5,8,12H,6-7,9H2,1H3,(H,18,21)/t12-/m1/s1. The number of aromatic nitrogens is 1.